The van der Waals surface area contributed by atoms with Gasteiger partial charge in [0.25, 0.3) is 5.56 Å². The molecule has 5 rings (SSSR count). The van der Waals surface area contributed by atoms with Crippen LogP contribution in [0, 0.1) is 0 Å². The zero-order chi connectivity index (χ0) is 20.5. The number of aromatic nitrogens is 1. The number of fused-ring (bicyclic) bond motifs is 1. The zero-order valence-electron chi connectivity index (χ0n) is 15.8. The average molecular weight is 411 g/mol. The van der Waals surface area contributed by atoms with E-state index in [1.54, 1.807) is 28.8 Å². The molecule has 0 aliphatic carbocycles. The van der Waals surface area contributed by atoms with E-state index in [1.807, 2.05) is 66.7 Å². The molecule has 1 aliphatic rings. The van der Waals surface area contributed by atoms with Crippen LogP contribution in [0.3, 0.4) is 0 Å². The van der Waals surface area contributed by atoms with E-state index in [9.17, 15) is 9.90 Å². The molecule has 1 aliphatic heterocycles. The van der Waals surface area contributed by atoms with Crippen molar-refractivity contribution in [2.75, 3.05) is 0 Å². The van der Waals surface area contributed by atoms with Gasteiger partial charge in [-0.2, -0.15) is 0 Å². The smallest absolute Gasteiger partial charge is 0.271 e. The minimum Gasteiger partial charge on any atom is -0.508 e. The molecule has 0 saturated heterocycles. The van der Waals surface area contributed by atoms with Crippen molar-refractivity contribution < 1.29 is 5.11 Å². The lowest BCUT2D eigenvalue weighted by atomic mass is 9.96. The molecular weight excluding hydrogens is 394 g/mol. The van der Waals surface area contributed by atoms with Gasteiger partial charge in [0.05, 0.1) is 10.2 Å². The Kier molecular flexibility index (Phi) is 4.61. The molecule has 2 heterocycles. The highest BCUT2D eigenvalue weighted by molar-refractivity contribution is 7.07. The van der Waals surface area contributed by atoms with Crippen LogP contribution in [-0.4, -0.2) is 15.4 Å². The van der Waals surface area contributed by atoms with Crippen LogP contribution in [0.5, 0.6) is 5.75 Å². The summed E-state index contributed by atoms with van der Waals surface area (Å²) in [5.41, 5.74) is 3.38. The number of benzene rings is 3. The Hall–Kier alpha value is -3.77. The maximum absolute atomic E-state index is 13.4. The third-order valence-electron chi connectivity index (χ3n) is 4.97. The molecule has 0 fully saturated rings. The Bertz CT molecular complexity index is 1400. The van der Waals surface area contributed by atoms with Gasteiger partial charge in [0.1, 0.15) is 11.8 Å². The van der Waals surface area contributed by atoms with Crippen molar-refractivity contribution in [1.82, 2.24) is 4.57 Å². The van der Waals surface area contributed by atoms with Crippen LogP contribution in [0.4, 0.5) is 0 Å². The van der Waals surface area contributed by atoms with Crippen molar-refractivity contribution in [2.24, 2.45) is 10.2 Å². The van der Waals surface area contributed by atoms with E-state index >= 15 is 0 Å². The molecule has 30 heavy (non-hydrogen) atoms. The molecule has 0 unspecified atom stereocenters. The van der Waals surface area contributed by atoms with Gasteiger partial charge in [-0.05, 0) is 29.3 Å². The van der Waals surface area contributed by atoms with Crippen LogP contribution in [0.2, 0.25) is 0 Å². The number of hydrogen-bond acceptors (Lipinski definition) is 5. The summed E-state index contributed by atoms with van der Waals surface area (Å²) >= 11 is 1.32. The highest BCUT2D eigenvalue weighted by atomic mass is 32.1. The Morgan fingerprint density at radius 3 is 2.23 bits per heavy atom. The molecule has 0 bridgehead atoms. The molecule has 6 heteroatoms. The Morgan fingerprint density at radius 1 is 0.867 bits per heavy atom. The second-order valence-corrected chi connectivity index (χ2v) is 7.93. The normalized spacial score (nSPS) is 15.9. The SMILES string of the molecule is O=c1/c(=C/c2ccc(O)cc2)sc2n1[C@H](c1ccccc1)C(c1ccccc1)=NN=2. The van der Waals surface area contributed by atoms with Gasteiger partial charge < -0.3 is 5.11 Å². The van der Waals surface area contributed by atoms with Crippen molar-refractivity contribution in [1.29, 1.82) is 0 Å². The van der Waals surface area contributed by atoms with E-state index in [0.29, 0.717) is 9.33 Å². The Labute approximate surface area is 176 Å². The molecular formula is C24H17N3O2S. The molecule has 0 radical (unpaired) electrons. The third-order valence-corrected chi connectivity index (χ3v) is 5.95. The van der Waals surface area contributed by atoms with Crippen molar-refractivity contribution in [2.45, 2.75) is 6.04 Å². The predicted molar refractivity (Wildman–Crippen MR) is 119 cm³/mol. The lowest BCUT2D eigenvalue weighted by molar-refractivity contribution is 0.475. The first-order valence-corrected chi connectivity index (χ1v) is 10.3. The topological polar surface area (TPSA) is 66.9 Å². The molecule has 1 aromatic heterocycles. The monoisotopic (exact) mass is 411 g/mol. The molecule has 3 aromatic carbocycles. The number of thiazole rings is 1. The van der Waals surface area contributed by atoms with Gasteiger partial charge in [-0.15, -0.1) is 10.2 Å². The van der Waals surface area contributed by atoms with Crippen LogP contribution >= 0.6 is 11.3 Å². The van der Waals surface area contributed by atoms with Crippen LogP contribution < -0.4 is 14.9 Å². The van der Waals surface area contributed by atoms with Crippen molar-refractivity contribution in [3.63, 3.8) is 0 Å². The fraction of sp³-hybridized carbons (Fsp3) is 0.0417. The van der Waals surface area contributed by atoms with Gasteiger partial charge in [-0.1, -0.05) is 84.1 Å². The molecule has 0 amide bonds. The maximum atomic E-state index is 13.4. The van der Waals surface area contributed by atoms with E-state index in [-0.39, 0.29) is 17.4 Å². The van der Waals surface area contributed by atoms with Gasteiger partial charge in [-0.25, -0.2) is 0 Å². The summed E-state index contributed by atoms with van der Waals surface area (Å²) in [6.45, 7) is 0. The van der Waals surface area contributed by atoms with E-state index < -0.39 is 0 Å². The highest BCUT2D eigenvalue weighted by Crippen LogP contribution is 2.23. The van der Waals surface area contributed by atoms with Crippen LogP contribution in [0.15, 0.2) is 99.9 Å². The molecule has 1 N–H and O–H groups in total. The van der Waals surface area contributed by atoms with Gasteiger partial charge in [0, 0.05) is 5.56 Å². The summed E-state index contributed by atoms with van der Waals surface area (Å²) in [6.07, 6.45) is 1.82. The van der Waals surface area contributed by atoms with Gasteiger partial charge in [0.15, 0.2) is 0 Å². The van der Waals surface area contributed by atoms with Gasteiger partial charge >= 0.3 is 0 Å². The fourth-order valence-corrected chi connectivity index (χ4v) is 4.49. The minimum atomic E-state index is -0.355. The summed E-state index contributed by atoms with van der Waals surface area (Å²) < 4.78 is 2.30. The number of nitrogens with zero attached hydrogens (tertiary/aromatic N) is 3. The lowest BCUT2D eigenvalue weighted by Gasteiger charge is -2.22. The van der Waals surface area contributed by atoms with Crippen LogP contribution in [0.1, 0.15) is 22.7 Å². The lowest BCUT2D eigenvalue weighted by Crippen LogP contribution is -2.40. The maximum Gasteiger partial charge on any atom is 0.271 e. The predicted octanol–water partition coefficient (Wildman–Crippen LogP) is 3.07. The second kappa shape index (κ2) is 7.57. The van der Waals surface area contributed by atoms with Crippen molar-refractivity contribution in [3.05, 3.63) is 121 Å². The van der Waals surface area contributed by atoms with E-state index in [2.05, 4.69) is 10.2 Å². The first-order chi connectivity index (χ1) is 14.7. The summed E-state index contributed by atoms with van der Waals surface area (Å²) in [4.78, 5) is 14.0. The molecule has 4 aromatic rings. The molecule has 0 spiro atoms. The van der Waals surface area contributed by atoms with E-state index in [0.717, 1.165) is 22.4 Å². The van der Waals surface area contributed by atoms with E-state index in [4.69, 9.17) is 0 Å². The first-order valence-electron chi connectivity index (χ1n) is 9.49. The van der Waals surface area contributed by atoms with Gasteiger partial charge in [0.2, 0.25) is 4.80 Å². The van der Waals surface area contributed by atoms with Crippen LogP contribution in [0.25, 0.3) is 6.08 Å². The highest BCUT2D eigenvalue weighted by Gasteiger charge is 2.28. The number of aromatic hydroxyl groups is 1. The van der Waals surface area contributed by atoms with Crippen molar-refractivity contribution >= 4 is 23.1 Å². The van der Waals surface area contributed by atoms with Crippen molar-refractivity contribution in [3.8, 4) is 5.75 Å². The zero-order valence-corrected chi connectivity index (χ0v) is 16.7. The molecule has 5 nitrogen and oxygen atoms in total. The first kappa shape index (κ1) is 18.3. The van der Waals surface area contributed by atoms with Gasteiger partial charge in [-0.3, -0.25) is 9.36 Å². The quantitative estimate of drug-likeness (QED) is 0.563. The van der Waals surface area contributed by atoms with Crippen LogP contribution in [-0.2, 0) is 0 Å². The molecule has 1 atom stereocenters. The number of phenolic OH excluding ortho intramolecular Hbond substituents is 1. The Balaban J connectivity index is 1.72. The second-order valence-electron chi connectivity index (χ2n) is 6.92. The standard InChI is InChI=1S/C24H17N3O2S/c28-19-13-11-16(12-14-19)15-20-23(29)27-22(18-9-5-2-6-10-18)21(25-26-24(27)30-20)17-7-3-1-4-8-17/h1-15,22,28H/b20-15-/t22-/m1/s1. The van der Waals surface area contributed by atoms with E-state index in [1.165, 1.54) is 11.3 Å². The molecule has 146 valence electrons. The largest absolute Gasteiger partial charge is 0.508 e. The summed E-state index contributed by atoms with van der Waals surface area (Å²) in [5.74, 6) is 0.189. The number of hydrogen-bond donors (Lipinski definition) is 1. The average Bonchev–Trinajstić information content (AvgIpc) is 3.11. The summed E-state index contributed by atoms with van der Waals surface area (Å²) in [5, 5.41) is 18.4. The minimum absolute atomic E-state index is 0.107. The Morgan fingerprint density at radius 2 is 1.53 bits per heavy atom. The third kappa shape index (κ3) is 3.27. The molecule has 0 saturated carbocycles. The number of rotatable bonds is 3. The summed E-state index contributed by atoms with van der Waals surface area (Å²) in [6, 6.07) is 26.1. The fourth-order valence-electron chi connectivity index (χ4n) is 3.55. The summed E-state index contributed by atoms with van der Waals surface area (Å²) in [7, 11) is 0. The number of phenols is 1.